The lowest BCUT2D eigenvalue weighted by molar-refractivity contribution is -0.133. The van der Waals surface area contributed by atoms with Crippen LogP contribution in [0.1, 0.15) is 35.7 Å². The second-order valence-electron chi connectivity index (χ2n) is 3.97. The molecule has 0 aliphatic heterocycles. The summed E-state index contributed by atoms with van der Waals surface area (Å²) in [6, 6.07) is 4.93. The fraction of sp³-hybridized carbons (Fsp3) is 0.462. The summed E-state index contributed by atoms with van der Waals surface area (Å²) >= 11 is 0. The molecule has 0 spiro atoms. The largest absolute Gasteiger partial charge is 0.493 e. The molecule has 0 aromatic heterocycles. The third kappa shape index (κ3) is 4.39. The number of alkyl halides is 3. The zero-order valence-corrected chi connectivity index (χ0v) is 10.3. The minimum atomic E-state index is -4.31. The number of hydrogen-bond donors (Lipinski definition) is 0. The third-order valence-electron chi connectivity index (χ3n) is 2.37. The molecule has 0 aliphatic carbocycles. The first-order chi connectivity index (χ1) is 8.33. The number of rotatable bonds is 5. The third-order valence-corrected chi connectivity index (χ3v) is 2.37. The van der Waals surface area contributed by atoms with Gasteiger partial charge < -0.3 is 4.74 Å². The normalized spacial score (nSPS) is 11.4. The van der Waals surface area contributed by atoms with Gasteiger partial charge in [0.25, 0.3) is 0 Å². The van der Waals surface area contributed by atoms with Crippen molar-refractivity contribution in [2.75, 3.05) is 6.61 Å². The van der Waals surface area contributed by atoms with Crippen LogP contribution in [0.15, 0.2) is 18.2 Å². The lowest BCUT2D eigenvalue weighted by Crippen LogP contribution is -2.12. The molecule has 1 rings (SSSR count). The Morgan fingerprint density at radius 1 is 1.33 bits per heavy atom. The van der Waals surface area contributed by atoms with E-state index in [1.54, 1.807) is 32.0 Å². The molecular weight excluding hydrogens is 245 g/mol. The van der Waals surface area contributed by atoms with Crippen molar-refractivity contribution in [3.63, 3.8) is 0 Å². The molecule has 0 unspecified atom stereocenters. The second kappa shape index (κ2) is 5.89. The Balaban J connectivity index is 2.86. The maximum Gasteiger partial charge on any atom is 0.389 e. The van der Waals surface area contributed by atoms with Crippen LogP contribution in [-0.2, 0) is 0 Å². The summed E-state index contributed by atoms with van der Waals surface area (Å²) < 4.78 is 41.5. The Bertz CT molecular complexity index is 425. The van der Waals surface area contributed by atoms with Gasteiger partial charge in [0, 0.05) is 6.42 Å². The van der Waals surface area contributed by atoms with Crippen molar-refractivity contribution in [2.24, 2.45) is 0 Å². The minimum absolute atomic E-state index is 0.223. The van der Waals surface area contributed by atoms with Crippen LogP contribution >= 0.6 is 0 Å². The van der Waals surface area contributed by atoms with Gasteiger partial charge in [0.1, 0.15) is 5.75 Å². The average molecular weight is 260 g/mol. The highest BCUT2D eigenvalue weighted by molar-refractivity contribution is 5.98. The van der Waals surface area contributed by atoms with E-state index in [9.17, 15) is 18.0 Å². The number of carbonyl (C=O) groups is 1. The molecule has 0 heterocycles. The van der Waals surface area contributed by atoms with Crippen LogP contribution in [-0.4, -0.2) is 18.6 Å². The minimum Gasteiger partial charge on any atom is -0.493 e. The summed E-state index contributed by atoms with van der Waals surface area (Å²) in [6.07, 6.45) is -5.97. The standard InChI is InChI=1S/C13H15F3O2/c1-3-18-12-5-4-9(2)8-10(12)11(17)6-7-13(14,15)16/h4-5,8H,3,6-7H2,1-2H3. The number of benzene rings is 1. The average Bonchev–Trinajstić information content (AvgIpc) is 2.27. The summed E-state index contributed by atoms with van der Waals surface area (Å²) in [4.78, 5) is 11.8. The van der Waals surface area contributed by atoms with Gasteiger partial charge in [-0.3, -0.25) is 4.79 Å². The van der Waals surface area contributed by atoms with Crippen molar-refractivity contribution in [3.8, 4) is 5.75 Å². The van der Waals surface area contributed by atoms with Gasteiger partial charge in [-0.05, 0) is 26.0 Å². The Hall–Kier alpha value is -1.52. The molecule has 100 valence electrons. The zero-order chi connectivity index (χ0) is 13.8. The number of ketones is 1. The summed E-state index contributed by atoms with van der Waals surface area (Å²) in [5, 5.41) is 0. The van der Waals surface area contributed by atoms with Gasteiger partial charge in [0.05, 0.1) is 18.6 Å². The monoisotopic (exact) mass is 260 g/mol. The number of Topliss-reactive ketones (excluding diaryl/α,β-unsaturated/α-hetero) is 1. The van der Waals surface area contributed by atoms with Gasteiger partial charge in [-0.15, -0.1) is 0 Å². The van der Waals surface area contributed by atoms with E-state index in [0.717, 1.165) is 5.56 Å². The molecule has 0 N–H and O–H groups in total. The molecule has 0 aliphatic rings. The smallest absolute Gasteiger partial charge is 0.389 e. The van der Waals surface area contributed by atoms with Crippen LogP contribution in [0.4, 0.5) is 13.2 Å². The van der Waals surface area contributed by atoms with Crippen molar-refractivity contribution < 1.29 is 22.7 Å². The fourth-order valence-electron chi connectivity index (χ4n) is 1.53. The highest BCUT2D eigenvalue weighted by Gasteiger charge is 2.28. The van der Waals surface area contributed by atoms with Crippen molar-refractivity contribution in [2.45, 2.75) is 32.9 Å². The van der Waals surface area contributed by atoms with E-state index in [1.165, 1.54) is 0 Å². The lowest BCUT2D eigenvalue weighted by atomic mass is 10.0. The van der Waals surface area contributed by atoms with Gasteiger partial charge in [0.15, 0.2) is 5.78 Å². The fourth-order valence-corrected chi connectivity index (χ4v) is 1.53. The number of ether oxygens (including phenoxy) is 1. The first-order valence-corrected chi connectivity index (χ1v) is 5.67. The van der Waals surface area contributed by atoms with Gasteiger partial charge in [-0.25, -0.2) is 0 Å². The van der Waals surface area contributed by atoms with Crippen LogP contribution in [0, 0.1) is 6.92 Å². The second-order valence-corrected chi connectivity index (χ2v) is 3.97. The predicted octanol–water partition coefficient (Wildman–Crippen LogP) is 3.92. The van der Waals surface area contributed by atoms with Crippen molar-refractivity contribution in [3.05, 3.63) is 29.3 Å². The first-order valence-electron chi connectivity index (χ1n) is 5.67. The van der Waals surface area contributed by atoms with Gasteiger partial charge >= 0.3 is 6.18 Å². The van der Waals surface area contributed by atoms with E-state index in [2.05, 4.69) is 0 Å². The van der Waals surface area contributed by atoms with Crippen LogP contribution in [0.3, 0.4) is 0 Å². The molecule has 18 heavy (non-hydrogen) atoms. The Morgan fingerprint density at radius 2 is 2.00 bits per heavy atom. The molecule has 0 saturated carbocycles. The molecule has 0 atom stereocenters. The van der Waals surface area contributed by atoms with Crippen LogP contribution in [0.25, 0.3) is 0 Å². The highest BCUT2D eigenvalue weighted by Crippen LogP contribution is 2.26. The van der Waals surface area contributed by atoms with E-state index >= 15 is 0 Å². The zero-order valence-electron chi connectivity index (χ0n) is 10.3. The lowest BCUT2D eigenvalue weighted by Gasteiger charge is -2.11. The van der Waals surface area contributed by atoms with E-state index in [1.807, 2.05) is 0 Å². The van der Waals surface area contributed by atoms with Gasteiger partial charge in [-0.2, -0.15) is 13.2 Å². The van der Waals surface area contributed by atoms with Crippen molar-refractivity contribution in [1.82, 2.24) is 0 Å². The quantitative estimate of drug-likeness (QED) is 0.750. The molecule has 5 heteroatoms. The molecule has 1 aromatic carbocycles. The van der Waals surface area contributed by atoms with Crippen LogP contribution < -0.4 is 4.74 Å². The van der Waals surface area contributed by atoms with Gasteiger partial charge in [-0.1, -0.05) is 11.6 Å². The summed E-state index contributed by atoms with van der Waals surface area (Å²) in [5.74, 6) is -0.199. The number of halogens is 3. The van der Waals surface area contributed by atoms with Crippen LogP contribution in [0.5, 0.6) is 5.75 Å². The highest BCUT2D eigenvalue weighted by atomic mass is 19.4. The Labute approximate surface area is 104 Å². The maximum absolute atomic E-state index is 12.1. The van der Waals surface area contributed by atoms with E-state index < -0.39 is 24.8 Å². The number of carbonyl (C=O) groups excluding carboxylic acids is 1. The predicted molar refractivity (Wildman–Crippen MR) is 62.0 cm³/mol. The molecule has 0 radical (unpaired) electrons. The van der Waals surface area contributed by atoms with Crippen molar-refractivity contribution in [1.29, 1.82) is 0 Å². The molecule has 2 nitrogen and oxygen atoms in total. The molecule has 1 aromatic rings. The van der Waals surface area contributed by atoms with Crippen molar-refractivity contribution >= 4 is 5.78 Å². The summed E-state index contributed by atoms with van der Waals surface area (Å²) in [6.45, 7) is 3.89. The molecule has 0 saturated heterocycles. The number of hydrogen-bond acceptors (Lipinski definition) is 2. The Kier molecular flexibility index (Phi) is 4.76. The summed E-state index contributed by atoms with van der Waals surface area (Å²) in [5.41, 5.74) is 1.04. The molecule has 0 amide bonds. The van der Waals surface area contributed by atoms with E-state index in [0.29, 0.717) is 12.4 Å². The maximum atomic E-state index is 12.1. The molecule has 0 bridgehead atoms. The molecular formula is C13H15F3O2. The van der Waals surface area contributed by atoms with Crippen LogP contribution in [0.2, 0.25) is 0 Å². The SMILES string of the molecule is CCOc1ccc(C)cc1C(=O)CCC(F)(F)F. The van der Waals surface area contributed by atoms with E-state index in [-0.39, 0.29) is 5.56 Å². The van der Waals surface area contributed by atoms with Gasteiger partial charge in [0.2, 0.25) is 0 Å². The van der Waals surface area contributed by atoms with E-state index in [4.69, 9.17) is 4.74 Å². The number of aryl methyl sites for hydroxylation is 1. The Morgan fingerprint density at radius 3 is 2.56 bits per heavy atom. The molecule has 0 fully saturated rings. The first kappa shape index (κ1) is 14.5. The summed E-state index contributed by atoms with van der Waals surface area (Å²) in [7, 11) is 0. The topological polar surface area (TPSA) is 26.3 Å².